The molecule has 9 heteroatoms. The van der Waals surface area contributed by atoms with E-state index < -0.39 is 15.7 Å². The number of aliphatic imine (C=N–C) groups is 1. The summed E-state index contributed by atoms with van der Waals surface area (Å²) in [5, 5.41) is 0.238. The number of anilines is 1. The van der Waals surface area contributed by atoms with Crippen LogP contribution in [0.4, 0.5) is 10.1 Å². The molecule has 0 spiro atoms. The van der Waals surface area contributed by atoms with Gasteiger partial charge >= 0.3 is 0 Å². The Morgan fingerprint density at radius 2 is 1.77 bits per heavy atom. The molecule has 0 saturated carbocycles. The van der Waals surface area contributed by atoms with Gasteiger partial charge in [0.05, 0.1) is 24.0 Å². The van der Waals surface area contributed by atoms with Gasteiger partial charge in [-0.05, 0) is 48.9 Å². The Morgan fingerprint density at radius 1 is 1.10 bits per heavy atom. The fraction of sp³-hybridized carbons (Fsp3) is 0.286. The van der Waals surface area contributed by atoms with Gasteiger partial charge in [-0.25, -0.2) is 12.8 Å². The zero-order valence-corrected chi connectivity index (χ0v) is 17.7. The molecule has 0 aromatic heterocycles. The number of sulfone groups is 1. The van der Waals surface area contributed by atoms with E-state index in [1.54, 1.807) is 29.2 Å². The van der Waals surface area contributed by atoms with E-state index in [9.17, 15) is 22.4 Å². The SMILES string of the molecule is CC(=O)c1ccc(N2C(=NC(=O)Cc3ccc(F)cc3)S[C@@H]3CS(=O)(=O)C[C@H]32)cc1. The van der Waals surface area contributed by atoms with E-state index in [0.29, 0.717) is 22.0 Å². The molecule has 2 fully saturated rings. The largest absolute Gasteiger partial charge is 0.316 e. The van der Waals surface area contributed by atoms with Crippen LogP contribution in [-0.2, 0) is 21.1 Å². The van der Waals surface area contributed by atoms with Crippen LogP contribution in [-0.4, -0.2) is 48.1 Å². The predicted octanol–water partition coefficient (Wildman–Crippen LogP) is 2.87. The van der Waals surface area contributed by atoms with Crippen molar-refractivity contribution in [3.05, 3.63) is 65.5 Å². The summed E-state index contributed by atoms with van der Waals surface area (Å²) in [6, 6.07) is 12.2. The smallest absolute Gasteiger partial charge is 0.252 e. The second-order valence-corrected chi connectivity index (χ2v) is 10.7. The van der Waals surface area contributed by atoms with Crippen LogP contribution in [0.1, 0.15) is 22.8 Å². The first-order chi connectivity index (χ1) is 14.2. The van der Waals surface area contributed by atoms with Gasteiger partial charge in [-0.15, -0.1) is 0 Å². The number of thioether (sulfide) groups is 1. The van der Waals surface area contributed by atoms with Gasteiger partial charge in [-0.1, -0.05) is 23.9 Å². The maximum atomic E-state index is 13.1. The molecule has 0 aliphatic carbocycles. The highest BCUT2D eigenvalue weighted by atomic mass is 32.2. The number of benzene rings is 2. The standard InChI is InChI=1S/C21H19FN2O4S2/c1-13(25)15-4-8-17(9-5-15)24-18-11-30(27,28)12-19(18)29-21(24)23-20(26)10-14-2-6-16(22)7-3-14/h2-9,18-19H,10-12H2,1H3/t18-,19-/m1/s1. The molecule has 0 unspecified atom stereocenters. The monoisotopic (exact) mass is 446 g/mol. The van der Waals surface area contributed by atoms with E-state index in [1.807, 2.05) is 0 Å². The van der Waals surface area contributed by atoms with Crippen molar-refractivity contribution in [1.82, 2.24) is 0 Å². The molecule has 2 atom stereocenters. The molecule has 1 amide bonds. The lowest BCUT2D eigenvalue weighted by Gasteiger charge is -2.24. The minimum atomic E-state index is -3.16. The van der Waals surface area contributed by atoms with E-state index >= 15 is 0 Å². The van der Waals surface area contributed by atoms with Crippen LogP contribution in [0.3, 0.4) is 0 Å². The second kappa shape index (κ2) is 7.96. The molecule has 2 aliphatic heterocycles. The summed E-state index contributed by atoms with van der Waals surface area (Å²) in [6.45, 7) is 1.47. The molecule has 2 saturated heterocycles. The van der Waals surface area contributed by atoms with Gasteiger partial charge in [0.25, 0.3) is 5.91 Å². The molecule has 2 aromatic rings. The maximum Gasteiger partial charge on any atom is 0.252 e. The number of hydrogen-bond donors (Lipinski definition) is 0. The second-order valence-electron chi connectivity index (χ2n) is 7.36. The average Bonchev–Trinajstić information content (AvgIpc) is 3.14. The summed E-state index contributed by atoms with van der Waals surface area (Å²) >= 11 is 1.29. The number of halogens is 1. The van der Waals surface area contributed by atoms with Crippen molar-refractivity contribution in [2.75, 3.05) is 16.4 Å². The zero-order valence-electron chi connectivity index (χ0n) is 16.1. The quantitative estimate of drug-likeness (QED) is 0.672. The Morgan fingerprint density at radius 3 is 2.40 bits per heavy atom. The third-order valence-electron chi connectivity index (χ3n) is 5.11. The first kappa shape index (κ1) is 20.7. The minimum Gasteiger partial charge on any atom is -0.316 e. The van der Waals surface area contributed by atoms with Gasteiger partial charge in [-0.2, -0.15) is 4.99 Å². The van der Waals surface area contributed by atoms with Gasteiger partial charge in [0.15, 0.2) is 20.8 Å². The summed E-state index contributed by atoms with van der Waals surface area (Å²) in [7, 11) is -3.16. The van der Waals surface area contributed by atoms with Crippen LogP contribution < -0.4 is 4.90 Å². The number of ketones is 1. The number of amides is 1. The van der Waals surface area contributed by atoms with Crippen LogP contribution in [0.5, 0.6) is 0 Å². The Kier molecular flexibility index (Phi) is 5.50. The third kappa shape index (κ3) is 4.32. The number of carbonyl (C=O) groups excluding carboxylic acids is 2. The Hall–Kier alpha value is -2.52. The van der Waals surface area contributed by atoms with Crippen molar-refractivity contribution in [3.8, 4) is 0 Å². The number of amidine groups is 1. The molecule has 2 heterocycles. The van der Waals surface area contributed by atoms with Crippen molar-refractivity contribution in [3.63, 3.8) is 0 Å². The van der Waals surface area contributed by atoms with E-state index in [2.05, 4.69) is 4.99 Å². The predicted molar refractivity (Wildman–Crippen MR) is 115 cm³/mol. The first-order valence-corrected chi connectivity index (χ1v) is 12.1. The highest BCUT2D eigenvalue weighted by molar-refractivity contribution is 8.16. The van der Waals surface area contributed by atoms with Gasteiger partial charge in [0.2, 0.25) is 0 Å². The van der Waals surface area contributed by atoms with Crippen LogP contribution in [0.25, 0.3) is 0 Å². The number of nitrogens with zero attached hydrogens (tertiary/aromatic N) is 2. The maximum absolute atomic E-state index is 13.1. The molecule has 30 heavy (non-hydrogen) atoms. The number of carbonyl (C=O) groups is 2. The van der Waals surface area contributed by atoms with E-state index in [4.69, 9.17) is 0 Å². The van der Waals surface area contributed by atoms with Crippen molar-refractivity contribution < 1.29 is 22.4 Å². The Balaban J connectivity index is 1.63. The summed E-state index contributed by atoms with van der Waals surface area (Å²) < 4.78 is 37.4. The molecular formula is C21H19FN2O4S2. The molecule has 4 rings (SSSR count). The highest BCUT2D eigenvalue weighted by Gasteiger charge is 2.49. The lowest BCUT2D eigenvalue weighted by Crippen LogP contribution is -2.37. The number of Topliss-reactive ketones (excluding diaryl/α,β-unsaturated/α-hetero) is 1. The van der Waals surface area contributed by atoms with Gasteiger partial charge in [0, 0.05) is 16.5 Å². The first-order valence-electron chi connectivity index (χ1n) is 9.35. The summed E-state index contributed by atoms with van der Waals surface area (Å²) in [4.78, 5) is 30.1. The van der Waals surface area contributed by atoms with Crippen LogP contribution in [0, 0.1) is 5.82 Å². The molecule has 2 aromatic carbocycles. The fourth-order valence-electron chi connectivity index (χ4n) is 3.65. The van der Waals surface area contributed by atoms with Crippen LogP contribution in [0.15, 0.2) is 53.5 Å². The van der Waals surface area contributed by atoms with Crippen molar-refractivity contribution in [2.45, 2.75) is 24.6 Å². The van der Waals surface area contributed by atoms with E-state index in [1.165, 1.54) is 43.0 Å². The lowest BCUT2D eigenvalue weighted by atomic mass is 10.1. The molecule has 6 nitrogen and oxygen atoms in total. The minimum absolute atomic E-state index is 0.00962. The number of rotatable bonds is 4. The molecule has 0 bridgehead atoms. The average molecular weight is 447 g/mol. The van der Waals surface area contributed by atoms with E-state index in [0.717, 1.165) is 0 Å². The normalized spacial score (nSPS) is 23.5. The van der Waals surface area contributed by atoms with Crippen molar-refractivity contribution in [1.29, 1.82) is 0 Å². The van der Waals surface area contributed by atoms with Gasteiger partial charge < -0.3 is 4.90 Å². The third-order valence-corrected chi connectivity index (χ3v) is 8.32. The molecule has 0 N–H and O–H groups in total. The molecule has 156 valence electrons. The molecule has 0 radical (unpaired) electrons. The van der Waals surface area contributed by atoms with Crippen LogP contribution in [0.2, 0.25) is 0 Å². The number of fused-ring (bicyclic) bond motifs is 1. The topological polar surface area (TPSA) is 83.9 Å². The number of hydrogen-bond acceptors (Lipinski definition) is 5. The van der Waals surface area contributed by atoms with Crippen molar-refractivity contribution >= 4 is 44.1 Å². The molecule has 2 aliphatic rings. The fourth-order valence-corrected chi connectivity index (χ4v) is 7.58. The summed E-state index contributed by atoms with van der Waals surface area (Å²) in [5.41, 5.74) is 1.88. The summed E-state index contributed by atoms with van der Waals surface area (Å²) in [6.07, 6.45) is 0.0229. The summed E-state index contributed by atoms with van der Waals surface area (Å²) in [5.74, 6) is -0.808. The van der Waals surface area contributed by atoms with Crippen molar-refractivity contribution in [2.24, 2.45) is 4.99 Å². The van der Waals surface area contributed by atoms with Crippen LogP contribution >= 0.6 is 11.8 Å². The lowest BCUT2D eigenvalue weighted by molar-refractivity contribution is -0.117. The van der Waals surface area contributed by atoms with Gasteiger partial charge in [0.1, 0.15) is 5.82 Å². The Bertz CT molecular complexity index is 1130. The Labute approximate surface area is 178 Å². The zero-order chi connectivity index (χ0) is 21.5. The molecular weight excluding hydrogens is 427 g/mol. The van der Waals surface area contributed by atoms with Gasteiger partial charge in [-0.3, -0.25) is 9.59 Å². The highest BCUT2D eigenvalue weighted by Crippen LogP contribution is 2.41. The van der Waals surface area contributed by atoms with E-state index in [-0.39, 0.29) is 40.8 Å².